The van der Waals surface area contributed by atoms with Gasteiger partial charge in [0.1, 0.15) is 0 Å². The first-order chi connectivity index (χ1) is 7.30. The number of methoxy groups -OCH3 is 1. The van der Waals surface area contributed by atoms with Gasteiger partial charge in [-0.15, -0.1) is 0 Å². The molecular formula is C11H11N3O. The molecule has 15 heavy (non-hydrogen) atoms. The monoisotopic (exact) mass is 201 g/mol. The first kappa shape index (κ1) is 9.53. The molecule has 0 aliphatic rings. The van der Waals surface area contributed by atoms with Crippen LogP contribution in [0.3, 0.4) is 0 Å². The summed E-state index contributed by atoms with van der Waals surface area (Å²) in [5.74, 6) is 0. The van der Waals surface area contributed by atoms with Gasteiger partial charge in [0, 0.05) is 6.54 Å². The normalized spacial score (nSPS) is 10.2. The summed E-state index contributed by atoms with van der Waals surface area (Å²) in [6.45, 7) is 2.83. The molecule has 2 rings (SSSR count). The number of nitriles is 1. The molecule has 0 bridgehead atoms. The van der Waals surface area contributed by atoms with Crippen molar-refractivity contribution >= 4 is 11.0 Å². The third kappa shape index (κ3) is 1.42. The largest absolute Gasteiger partial charge is 0.468 e. The molecular weight excluding hydrogens is 190 g/mol. The molecule has 0 saturated heterocycles. The van der Waals surface area contributed by atoms with Crippen LogP contribution in [-0.4, -0.2) is 16.7 Å². The van der Waals surface area contributed by atoms with E-state index in [9.17, 15) is 0 Å². The molecule has 0 unspecified atom stereocenters. The van der Waals surface area contributed by atoms with Crippen LogP contribution < -0.4 is 4.74 Å². The number of hydrogen-bond acceptors (Lipinski definition) is 3. The molecule has 0 saturated carbocycles. The van der Waals surface area contributed by atoms with Crippen LogP contribution in [0.5, 0.6) is 6.01 Å². The highest BCUT2D eigenvalue weighted by molar-refractivity contribution is 5.78. The van der Waals surface area contributed by atoms with Crippen LogP contribution in [0.25, 0.3) is 11.0 Å². The molecule has 0 atom stereocenters. The van der Waals surface area contributed by atoms with E-state index in [4.69, 9.17) is 10.00 Å². The van der Waals surface area contributed by atoms with E-state index in [0.29, 0.717) is 11.6 Å². The van der Waals surface area contributed by atoms with Crippen LogP contribution in [-0.2, 0) is 6.54 Å². The summed E-state index contributed by atoms with van der Waals surface area (Å²) in [5, 5.41) is 8.77. The Bertz CT molecular complexity index is 536. The first-order valence-corrected chi connectivity index (χ1v) is 4.74. The standard InChI is InChI=1S/C11H11N3O/c1-3-14-10-5-4-8(7-12)6-9(10)13-11(14)15-2/h4-6H,3H2,1-2H3. The summed E-state index contributed by atoms with van der Waals surface area (Å²) in [7, 11) is 1.60. The fourth-order valence-electron chi connectivity index (χ4n) is 1.64. The zero-order valence-corrected chi connectivity index (χ0v) is 8.69. The van der Waals surface area contributed by atoms with E-state index in [1.165, 1.54) is 0 Å². The zero-order valence-electron chi connectivity index (χ0n) is 8.69. The minimum Gasteiger partial charge on any atom is -0.468 e. The van der Waals surface area contributed by atoms with Gasteiger partial charge in [-0.2, -0.15) is 10.2 Å². The average Bonchev–Trinajstić information content (AvgIpc) is 2.65. The predicted molar refractivity (Wildman–Crippen MR) is 56.7 cm³/mol. The molecule has 0 spiro atoms. The van der Waals surface area contributed by atoms with Gasteiger partial charge < -0.3 is 4.74 Å². The Morgan fingerprint density at radius 3 is 2.93 bits per heavy atom. The van der Waals surface area contributed by atoms with Gasteiger partial charge in [0.2, 0.25) is 0 Å². The average molecular weight is 201 g/mol. The molecule has 0 N–H and O–H groups in total. The van der Waals surface area contributed by atoms with Crippen LogP contribution >= 0.6 is 0 Å². The van der Waals surface area contributed by atoms with Gasteiger partial charge in [-0.25, -0.2) is 0 Å². The van der Waals surface area contributed by atoms with Crippen molar-refractivity contribution in [1.29, 1.82) is 5.26 Å². The van der Waals surface area contributed by atoms with E-state index in [-0.39, 0.29) is 0 Å². The molecule has 1 aromatic heterocycles. The van der Waals surface area contributed by atoms with Crippen molar-refractivity contribution in [3.8, 4) is 12.1 Å². The van der Waals surface area contributed by atoms with Crippen molar-refractivity contribution in [2.45, 2.75) is 13.5 Å². The molecule has 0 amide bonds. The molecule has 76 valence electrons. The van der Waals surface area contributed by atoms with Crippen LogP contribution in [0.4, 0.5) is 0 Å². The maximum Gasteiger partial charge on any atom is 0.297 e. The minimum absolute atomic E-state index is 0.586. The van der Waals surface area contributed by atoms with Crippen LogP contribution in [0, 0.1) is 11.3 Å². The molecule has 0 fully saturated rings. The topological polar surface area (TPSA) is 50.8 Å². The summed E-state index contributed by atoms with van der Waals surface area (Å²) >= 11 is 0. The second-order valence-corrected chi connectivity index (χ2v) is 3.16. The maximum absolute atomic E-state index is 8.77. The third-order valence-electron chi connectivity index (χ3n) is 2.34. The first-order valence-electron chi connectivity index (χ1n) is 4.74. The number of hydrogen-bond donors (Lipinski definition) is 0. The van der Waals surface area contributed by atoms with Crippen LogP contribution in [0.2, 0.25) is 0 Å². The van der Waals surface area contributed by atoms with Gasteiger partial charge >= 0.3 is 0 Å². The molecule has 4 heteroatoms. The highest BCUT2D eigenvalue weighted by atomic mass is 16.5. The van der Waals surface area contributed by atoms with Crippen molar-refractivity contribution < 1.29 is 4.74 Å². The molecule has 1 aromatic carbocycles. The Labute approximate surface area is 87.7 Å². The highest BCUT2D eigenvalue weighted by Crippen LogP contribution is 2.21. The van der Waals surface area contributed by atoms with E-state index in [1.54, 1.807) is 19.2 Å². The lowest BCUT2D eigenvalue weighted by atomic mass is 10.2. The number of imidazole rings is 1. The summed E-state index contributed by atoms with van der Waals surface area (Å²) in [6.07, 6.45) is 0. The fourth-order valence-corrected chi connectivity index (χ4v) is 1.64. The fraction of sp³-hybridized carbons (Fsp3) is 0.273. The zero-order chi connectivity index (χ0) is 10.8. The lowest BCUT2D eigenvalue weighted by Crippen LogP contribution is -1.97. The van der Waals surface area contributed by atoms with Crippen molar-refractivity contribution in [3.63, 3.8) is 0 Å². The van der Waals surface area contributed by atoms with Gasteiger partial charge in [0.05, 0.1) is 29.8 Å². The van der Waals surface area contributed by atoms with Gasteiger partial charge in [0.25, 0.3) is 6.01 Å². The molecule has 2 aromatic rings. The third-order valence-corrected chi connectivity index (χ3v) is 2.34. The Morgan fingerprint density at radius 1 is 1.53 bits per heavy atom. The summed E-state index contributed by atoms with van der Waals surface area (Å²) in [4.78, 5) is 4.30. The number of aryl methyl sites for hydroxylation is 1. The Balaban J connectivity index is 2.72. The molecule has 4 nitrogen and oxygen atoms in total. The number of ether oxygens (including phenoxy) is 1. The van der Waals surface area contributed by atoms with Crippen LogP contribution in [0.15, 0.2) is 18.2 Å². The second kappa shape index (κ2) is 3.62. The summed E-state index contributed by atoms with van der Waals surface area (Å²) in [6, 6.07) is 8.13. The van der Waals surface area contributed by atoms with E-state index in [2.05, 4.69) is 11.1 Å². The van der Waals surface area contributed by atoms with Crippen molar-refractivity contribution in [2.24, 2.45) is 0 Å². The van der Waals surface area contributed by atoms with E-state index in [1.807, 2.05) is 17.6 Å². The van der Waals surface area contributed by atoms with Gasteiger partial charge in [0.15, 0.2) is 0 Å². The van der Waals surface area contributed by atoms with E-state index < -0.39 is 0 Å². The smallest absolute Gasteiger partial charge is 0.297 e. The molecule has 0 radical (unpaired) electrons. The lowest BCUT2D eigenvalue weighted by Gasteiger charge is -2.02. The number of aromatic nitrogens is 2. The lowest BCUT2D eigenvalue weighted by molar-refractivity contribution is 0.362. The van der Waals surface area contributed by atoms with Crippen molar-refractivity contribution in [2.75, 3.05) is 7.11 Å². The Hall–Kier alpha value is -2.02. The van der Waals surface area contributed by atoms with Gasteiger partial charge in [-0.05, 0) is 25.1 Å². The quantitative estimate of drug-likeness (QED) is 0.746. The molecule has 0 aliphatic heterocycles. The summed E-state index contributed by atoms with van der Waals surface area (Å²) in [5.41, 5.74) is 2.41. The Morgan fingerprint density at radius 2 is 2.33 bits per heavy atom. The predicted octanol–water partition coefficient (Wildman–Crippen LogP) is 1.94. The number of nitrogens with zero attached hydrogens (tertiary/aromatic N) is 3. The van der Waals surface area contributed by atoms with Crippen LogP contribution in [0.1, 0.15) is 12.5 Å². The van der Waals surface area contributed by atoms with E-state index in [0.717, 1.165) is 17.6 Å². The SMILES string of the molecule is CCn1c(OC)nc2cc(C#N)ccc21. The van der Waals surface area contributed by atoms with Gasteiger partial charge in [-0.1, -0.05) is 0 Å². The second-order valence-electron chi connectivity index (χ2n) is 3.16. The maximum atomic E-state index is 8.77. The Kier molecular flexibility index (Phi) is 2.30. The number of benzene rings is 1. The van der Waals surface area contributed by atoms with Crippen molar-refractivity contribution in [1.82, 2.24) is 9.55 Å². The van der Waals surface area contributed by atoms with E-state index >= 15 is 0 Å². The molecule has 1 heterocycles. The summed E-state index contributed by atoms with van der Waals surface area (Å²) < 4.78 is 7.13. The minimum atomic E-state index is 0.586. The van der Waals surface area contributed by atoms with Crippen molar-refractivity contribution in [3.05, 3.63) is 23.8 Å². The molecule has 0 aliphatic carbocycles. The number of rotatable bonds is 2. The highest BCUT2D eigenvalue weighted by Gasteiger charge is 2.09. The van der Waals surface area contributed by atoms with Gasteiger partial charge in [-0.3, -0.25) is 4.57 Å². The number of fused-ring (bicyclic) bond motifs is 1.